The summed E-state index contributed by atoms with van der Waals surface area (Å²) in [6.45, 7) is 9.78. The molecule has 2 aromatic heterocycles. The Labute approximate surface area is 241 Å². The molecule has 0 bridgehead atoms. The van der Waals surface area contributed by atoms with Gasteiger partial charge in [0.1, 0.15) is 11.5 Å². The average molecular weight is 552 g/mol. The third-order valence-corrected chi connectivity index (χ3v) is 7.42. The number of amides is 3. The van der Waals surface area contributed by atoms with Gasteiger partial charge in [0.25, 0.3) is 5.91 Å². The lowest BCUT2D eigenvalue weighted by Crippen LogP contribution is -2.39. The normalized spacial score (nSPS) is 14.1. The molecule has 212 valence electrons. The van der Waals surface area contributed by atoms with Gasteiger partial charge in [-0.2, -0.15) is 5.10 Å². The van der Waals surface area contributed by atoms with Crippen molar-refractivity contribution in [2.75, 3.05) is 23.7 Å². The van der Waals surface area contributed by atoms with E-state index < -0.39 is 0 Å². The molecule has 9 nitrogen and oxygen atoms in total. The van der Waals surface area contributed by atoms with Gasteiger partial charge in [0.2, 0.25) is 0 Å². The molecule has 9 heteroatoms. The van der Waals surface area contributed by atoms with Crippen LogP contribution in [0.4, 0.5) is 16.3 Å². The predicted molar refractivity (Wildman–Crippen MR) is 160 cm³/mol. The molecule has 1 fully saturated rings. The summed E-state index contributed by atoms with van der Waals surface area (Å²) in [7, 11) is 0. The van der Waals surface area contributed by atoms with Gasteiger partial charge in [-0.15, -0.1) is 0 Å². The van der Waals surface area contributed by atoms with Gasteiger partial charge in [0.15, 0.2) is 0 Å². The minimum atomic E-state index is -0.327. The lowest BCUT2D eigenvalue weighted by molar-refractivity contribution is 0.0684. The van der Waals surface area contributed by atoms with E-state index in [1.54, 1.807) is 17.1 Å². The molecule has 3 heterocycles. The van der Waals surface area contributed by atoms with Crippen molar-refractivity contribution in [3.63, 3.8) is 0 Å². The number of nitrogens with one attached hydrogen (secondary N) is 2. The molecule has 2 aromatic carbocycles. The molecule has 41 heavy (non-hydrogen) atoms. The maximum absolute atomic E-state index is 13.0. The second-order valence-corrected chi connectivity index (χ2v) is 11.7. The van der Waals surface area contributed by atoms with E-state index in [0.717, 1.165) is 49.3 Å². The van der Waals surface area contributed by atoms with Crippen LogP contribution in [0.2, 0.25) is 0 Å². The number of urea groups is 1. The van der Waals surface area contributed by atoms with Gasteiger partial charge in [0, 0.05) is 42.7 Å². The van der Waals surface area contributed by atoms with Gasteiger partial charge < -0.3 is 10.2 Å². The topological polar surface area (TPSA) is 105 Å². The van der Waals surface area contributed by atoms with Gasteiger partial charge in [-0.1, -0.05) is 50.6 Å². The number of aryl methyl sites for hydroxylation is 1. The Kier molecular flexibility index (Phi) is 8.14. The van der Waals surface area contributed by atoms with Crippen LogP contribution in [0.3, 0.4) is 0 Å². The number of benzene rings is 2. The highest BCUT2D eigenvalue weighted by Gasteiger charge is 2.25. The first-order chi connectivity index (χ1) is 19.7. The second-order valence-electron chi connectivity index (χ2n) is 11.7. The summed E-state index contributed by atoms with van der Waals surface area (Å²) in [5, 5.41) is 10.7. The smallest absolute Gasteiger partial charge is 0.324 e. The molecule has 0 atom stereocenters. The van der Waals surface area contributed by atoms with E-state index in [9.17, 15) is 9.59 Å². The van der Waals surface area contributed by atoms with Crippen molar-refractivity contribution >= 4 is 23.4 Å². The standard InChI is InChI=1S/C32H37N7O2/c1-22-5-11-26(12-6-22)39-29(20-28(37-39)32(2,3)4)36-31(41)35-25-9-7-23(8-10-25)19-24-13-17-38(18-14-24)30(40)27-21-33-15-16-34-27/h5-12,15-16,20-21,24H,13-14,17-19H2,1-4H3,(H2,35,36,41). The number of hydrogen-bond donors (Lipinski definition) is 2. The number of hydrogen-bond acceptors (Lipinski definition) is 5. The maximum atomic E-state index is 13.0. The van der Waals surface area contributed by atoms with Crippen LogP contribution in [-0.2, 0) is 11.8 Å². The number of likely N-dealkylation sites (tertiary alicyclic amines) is 1. The van der Waals surface area contributed by atoms with Crippen LogP contribution >= 0.6 is 0 Å². The summed E-state index contributed by atoms with van der Waals surface area (Å²) in [4.78, 5) is 35.6. The number of aromatic nitrogens is 4. The van der Waals surface area contributed by atoms with Crippen LogP contribution in [-0.4, -0.2) is 49.7 Å². The van der Waals surface area contributed by atoms with Crippen molar-refractivity contribution in [2.45, 2.75) is 52.4 Å². The number of carbonyl (C=O) groups is 2. The molecule has 0 aliphatic carbocycles. The summed E-state index contributed by atoms with van der Waals surface area (Å²) in [5.74, 6) is 1.06. The highest BCUT2D eigenvalue weighted by atomic mass is 16.2. The molecule has 4 aromatic rings. The summed E-state index contributed by atoms with van der Waals surface area (Å²) in [6, 6.07) is 17.6. The zero-order chi connectivity index (χ0) is 29.0. The fraction of sp³-hybridized carbons (Fsp3) is 0.344. The van der Waals surface area contributed by atoms with Crippen molar-refractivity contribution in [3.8, 4) is 5.69 Å². The number of anilines is 2. The number of nitrogens with zero attached hydrogens (tertiary/aromatic N) is 5. The van der Waals surface area contributed by atoms with Gasteiger partial charge in [0.05, 0.1) is 17.6 Å². The van der Waals surface area contributed by atoms with E-state index in [2.05, 4.69) is 53.5 Å². The number of carbonyl (C=O) groups excluding carboxylic acids is 2. The van der Waals surface area contributed by atoms with Crippen molar-refractivity contribution < 1.29 is 9.59 Å². The van der Waals surface area contributed by atoms with E-state index in [4.69, 9.17) is 5.10 Å². The molecule has 5 rings (SSSR count). The second kappa shape index (κ2) is 11.9. The first-order valence-electron chi connectivity index (χ1n) is 14.1. The van der Waals surface area contributed by atoms with Crippen LogP contribution in [0, 0.1) is 12.8 Å². The van der Waals surface area contributed by atoms with Crippen LogP contribution < -0.4 is 10.6 Å². The van der Waals surface area contributed by atoms with E-state index in [1.165, 1.54) is 11.8 Å². The third-order valence-electron chi connectivity index (χ3n) is 7.42. The minimum Gasteiger partial charge on any atom is -0.337 e. The SMILES string of the molecule is Cc1ccc(-n2nc(C(C)(C)C)cc2NC(=O)Nc2ccc(CC3CCN(C(=O)c4cnccn4)CC3)cc2)cc1. The lowest BCUT2D eigenvalue weighted by atomic mass is 9.90. The predicted octanol–water partition coefficient (Wildman–Crippen LogP) is 6.01. The molecule has 1 saturated heterocycles. The lowest BCUT2D eigenvalue weighted by Gasteiger charge is -2.31. The first-order valence-corrected chi connectivity index (χ1v) is 14.1. The Bertz CT molecular complexity index is 1480. The molecule has 1 aliphatic rings. The van der Waals surface area contributed by atoms with Gasteiger partial charge >= 0.3 is 6.03 Å². The molecule has 3 amide bonds. The van der Waals surface area contributed by atoms with Crippen LogP contribution in [0.15, 0.2) is 73.2 Å². The van der Waals surface area contributed by atoms with Gasteiger partial charge in [-0.3, -0.25) is 15.1 Å². The zero-order valence-corrected chi connectivity index (χ0v) is 24.1. The fourth-order valence-electron chi connectivity index (χ4n) is 4.97. The zero-order valence-electron chi connectivity index (χ0n) is 24.1. The van der Waals surface area contributed by atoms with Crippen molar-refractivity contribution in [3.05, 3.63) is 95.7 Å². The third kappa shape index (κ3) is 6.98. The Morgan fingerprint density at radius 2 is 1.66 bits per heavy atom. The minimum absolute atomic E-state index is 0.0539. The van der Waals surface area contributed by atoms with Crippen molar-refractivity contribution in [1.29, 1.82) is 0 Å². The Hall–Kier alpha value is -4.53. The molecular weight excluding hydrogens is 514 g/mol. The van der Waals surface area contributed by atoms with E-state index in [1.807, 2.05) is 54.3 Å². The summed E-state index contributed by atoms with van der Waals surface area (Å²) in [5.41, 5.74) is 5.09. The molecule has 0 spiro atoms. The molecular formula is C32H37N7O2. The molecule has 1 aliphatic heterocycles. The molecule has 0 unspecified atom stereocenters. The average Bonchev–Trinajstić information content (AvgIpc) is 3.39. The quantitative estimate of drug-likeness (QED) is 0.306. The van der Waals surface area contributed by atoms with E-state index >= 15 is 0 Å². The van der Waals surface area contributed by atoms with Gasteiger partial charge in [-0.05, 0) is 61.9 Å². The maximum Gasteiger partial charge on any atom is 0.324 e. The molecule has 0 radical (unpaired) electrons. The van der Waals surface area contributed by atoms with Crippen LogP contribution in [0.1, 0.15) is 60.9 Å². The fourth-order valence-corrected chi connectivity index (χ4v) is 4.97. The molecule has 2 N–H and O–H groups in total. The Morgan fingerprint density at radius 1 is 0.951 bits per heavy atom. The van der Waals surface area contributed by atoms with Crippen molar-refractivity contribution in [1.82, 2.24) is 24.6 Å². The largest absolute Gasteiger partial charge is 0.337 e. The highest BCUT2D eigenvalue weighted by molar-refractivity contribution is 5.99. The highest BCUT2D eigenvalue weighted by Crippen LogP contribution is 2.27. The van der Waals surface area contributed by atoms with Gasteiger partial charge in [-0.25, -0.2) is 14.5 Å². The number of piperidine rings is 1. The number of rotatable bonds is 6. The summed E-state index contributed by atoms with van der Waals surface area (Å²) < 4.78 is 1.77. The van der Waals surface area contributed by atoms with E-state index in [0.29, 0.717) is 23.1 Å². The molecule has 0 saturated carbocycles. The Balaban J connectivity index is 1.17. The first kappa shape index (κ1) is 28.0. The Morgan fingerprint density at radius 3 is 2.29 bits per heavy atom. The summed E-state index contributed by atoms with van der Waals surface area (Å²) in [6.07, 6.45) is 7.46. The summed E-state index contributed by atoms with van der Waals surface area (Å²) >= 11 is 0. The van der Waals surface area contributed by atoms with Crippen molar-refractivity contribution in [2.24, 2.45) is 5.92 Å². The van der Waals surface area contributed by atoms with Crippen LogP contribution in [0.5, 0.6) is 0 Å². The monoisotopic (exact) mass is 551 g/mol. The van der Waals surface area contributed by atoms with E-state index in [-0.39, 0.29) is 17.4 Å². The van der Waals surface area contributed by atoms with Crippen LogP contribution in [0.25, 0.3) is 5.69 Å².